The van der Waals surface area contributed by atoms with Crippen LogP contribution in [0.3, 0.4) is 0 Å². The second kappa shape index (κ2) is 7.05. The Morgan fingerprint density at radius 3 is 2.14 bits per heavy atom. The van der Waals surface area contributed by atoms with E-state index in [4.69, 9.17) is 0 Å². The van der Waals surface area contributed by atoms with Crippen molar-refractivity contribution in [2.45, 2.75) is 53.1 Å². The molecule has 1 N–H and O–H groups in total. The quantitative estimate of drug-likeness (QED) is 0.619. The van der Waals surface area contributed by atoms with Gasteiger partial charge in [-0.15, -0.1) is 6.58 Å². The predicted molar refractivity (Wildman–Crippen MR) is 63.2 cm³/mol. The summed E-state index contributed by atoms with van der Waals surface area (Å²) in [5, 5.41) is 9.73. The third-order valence-electron chi connectivity index (χ3n) is 2.81. The Kier molecular flexibility index (Phi) is 6.90. The normalized spacial score (nSPS) is 17.9. The summed E-state index contributed by atoms with van der Waals surface area (Å²) in [6, 6.07) is 0. The van der Waals surface area contributed by atoms with Gasteiger partial charge in [0.25, 0.3) is 0 Å². The summed E-state index contributed by atoms with van der Waals surface area (Å²) in [6.07, 6.45) is 4.91. The van der Waals surface area contributed by atoms with Crippen LogP contribution < -0.4 is 0 Å². The van der Waals surface area contributed by atoms with Crippen molar-refractivity contribution < 1.29 is 5.11 Å². The minimum atomic E-state index is -0.206. The first kappa shape index (κ1) is 13.7. The lowest BCUT2D eigenvalue weighted by molar-refractivity contribution is 0.119. The molecule has 0 unspecified atom stereocenters. The van der Waals surface area contributed by atoms with Crippen molar-refractivity contribution in [3.63, 3.8) is 0 Å². The molecule has 0 heterocycles. The SMILES string of the molecule is C=C[C@@H](C)[C@H](O)CC[C@@H](C)CC(C)C. The summed E-state index contributed by atoms with van der Waals surface area (Å²) in [4.78, 5) is 0. The Balaban J connectivity index is 3.65. The van der Waals surface area contributed by atoms with Crippen molar-refractivity contribution in [1.82, 2.24) is 0 Å². The van der Waals surface area contributed by atoms with Crippen LogP contribution in [0.5, 0.6) is 0 Å². The van der Waals surface area contributed by atoms with Crippen LogP contribution in [0, 0.1) is 17.8 Å². The minimum absolute atomic E-state index is 0.206. The first-order valence-electron chi connectivity index (χ1n) is 5.78. The van der Waals surface area contributed by atoms with Gasteiger partial charge < -0.3 is 5.11 Å². The summed E-state index contributed by atoms with van der Waals surface area (Å²) in [5.41, 5.74) is 0. The summed E-state index contributed by atoms with van der Waals surface area (Å²) >= 11 is 0. The fourth-order valence-corrected chi connectivity index (χ4v) is 1.80. The van der Waals surface area contributed by atoms with Crippen molar-refractivity contribution in [3.05, 3.63) is 12.7 Å². The van der Waals surface area contributed by atoms with Gasteiger partial charge in [0.2, 0.25) is 0 Å². The molecule has 0 spiro atoms. The first-order valence-corrected chi connectivity index (χ1v) is 5.78. The van der Waals surface area contributed by atoms with Crippen LogP contribution in [0.15, 0.2) is 12.7 Å². The highest BCUT2D eigenvalue weighted by molar-refractivity contribution is 4.81. The first-order chi connectivity index (χ1) is 6.47. The minimum Gasteiger partial charge on any atom is -0.393 e. The van der Waals surface area contributed by atoms with Crippen LogP contribution >= 0.6 is 0 Å². The Hall–Kier alpha value is -0.300. The molecule has 0 aromatic carbocycles. The van der Waals surface area contributed by atoms with Crippen LogP contribution in [0.4, 0.5) is 0 Å². The maximum atomic E-state index is 9.73. The molecule has 0 rings (SSSR count). The number of hydrogen-bond donors (Lipinski definition) is 1. The van der Waals surface area contributed by atoms with Crippen molar-refractivity contribution in [2.75, 3.05) is 0 Å². The lowest BCUT2D eigenvalue weighted by Crippen LogP contribution is -2.16. The Morgan fingerprint density at radius 2 is 1.71 bits per heavy atom. The molecule has 0 fully saturated rings. The van der Waals surface area contributed by atoms with E-state index in [1.54, 1.807) is 0 Å². The van der Waals surface area contributed by atoms with Gasteiger partial charge in [-0.25, -0.2) is 0 Å². The second-order valence-corrected chi connectivity index (χ2v) is 4.97. The number of rotatable bonds is 7. The van der Waals surface area contributed by atoms with Gasteiger partial charge in [-0.1, -0.05) is 33.8 Å². The van der Waals surface area contributed by atoms with Crippen LogP contribution in [-0.4, -0.2) is 11.2 Å². The van der Waals surface area contributed by atoms with E-state index in [9.17, 15) is 5.11 Å². The molecule has 0 bridgehead atoms. The summed E-state index contributed by atoms with van der Waals surface area (Å²) in [7, 11) is 0. The van der Waals surface area contributed by atoms with E-state index in [1.165, 1.54) is 6.42 Å². The van der Waals surface area contributed by atoms with Crippen molar-refractivity contribution in [2.24, 2.45) is 17.8 Å². The van der Waals surface area contributed by atoms with E-state index in [-0.39, 0.29) is 12.0 Å². The molecular weight excluding hydrogens is 172 g/mol. The fraction of sp³-hybridized carbons (Fsp3) is 0.846. The van der Waals surface area contributed by atoms with Gasteiger partial charge in [-0.3, -0.25) is 0 Å². The van der Waals surface area contributed by atoms with Gasteiger partial charge in [-0.2, -0.15) is 0 Å². The van der Waals surface area contributed by atoms with Gasteiger partial charge in [0.05, 0.1) is 6.10 Å². The highest BCUT2D eigenvalue weighted by atomic mass is 16.3. The third kappa shape index (κ3) is 6.20. The molecule has 0 saturated heterocycles. The average Bonchev–Trinajstić information content (AvgIpc) is 2.11. The average molecular weight is 198 g/mol. The molecule has 1 heteroatoms. The molecule has 3 atom stereocenters. The topological polar surface area (TPSA) is 20.2 Å². The number of aliphatic hydroxyl groups excluding tert-OH is 1. The maximum absolute atomic E-state index is 9.73. The largest absolute Gasteiger partial charge is 0.393 e. The molecule has 0 aliphatic rings. The molecule has 14 heavy (non-hydrogen) atoms. The highest BCUT2D eigenvalue weighted by Gasteiger charge is 2.13. The molecular formula is C13H26O. The zero-order valence-electron chi connectivity index (χ0n) is 10.2. The molecule has 0 radical (unpaired) electrons. The van der Waals surface area contributed by atoms with Gasteiger partial charge in [-0.05, 0) is 37.0 Å². The molecule has 0 amide bonds. The van der Waals surface area contributed by atoms with Crippen LogP contribution in [-0.2, 0) is 0 Å². The maximum Gasteiger partial charge on any atom is 0.0600 e. The van der Waals surface area contributed by atoms with E-state index in [2.05, 4.69) is 27.4 Å². The lowest BCUT2D eigenvalue weighted by Gasteiger charge is -2.18. The zero-order valence-corrected chi connectivity index (χ0v) is 10.2. The lowest BCUT2D eigenvalue weighted by atomic mass is 9.91. The van der Waals surface area contributed by atoms with Crippen LogP contribution in [0.1, 0.15) is 47.0 Å². The Bertz CT molecular complexity index is 151. The molecule has 1 nitrogen and oxygen atoms in total. The molecule has 0 aliphatic heterocycles. The fourth-order valence-electron chi connectivity index (χ4n) is 1.80. The molecule has 0 aromatic rings. The second-order valence-electron chi connectivity index (χ2n) is 4.97. The monoisotopic (exact) mass is 198 g/mol. The Labute approximate surface area is 89.2 Å². The standard InChI is InChI=1S/C13H26O/c1-6-12(5)13(14)8-7-11(4)9-10(2)3/h6,10-14H,1,7-9H2,2-5H3/t11-,12-,13-/m1/s1. The molecule has 0 aromatic heterocycles. The van der Waals surface area contributed by atoms with Gasteiger partial charge in [0.15, 0.2) is 0 Å². The molecule has 0 aliphatic carbocycles. The zero-order chi connectivity index (χ0) is 11.1. The molecule has 0 saturated carbocycles. The predicted octanol–water partition coefficient (Wildman–Crippen LogP) is 3.63. The van der Waals surface area contributed by atoms with E-state index in [0.29, 0.717) is 0 Å². The summed E-state index contributed by atoms with van der Waals surface area (Å²) in [5.74, 6) is 1.71. The smallest absolute Gasteiger partial charge is 0.0600 e. The van der Waals surface area contributed by atoms with Crippen molar-refractivity contribution in [3.8, 4) is 0 Å². The Morgan fingerprint density at radius 1 is 1.14 bits per heavy atom. The van der Waals surface area contributed by atoms with E-state index < -0.39 is 0 Å². The summed E-state index contributed by atoms with van der Waals surface area (Å²) < 4.78 is 0. The van der Waals surface area contributed by atoms with Gasteiger partial charge >= 0.3 is 0 Å². The van der Waals surface area contributed by atoms with Crippen LogP contribution in [0.25, 0.3) is 0 Å². The van der Waals surface area contributed by atoms with Crippen LogP contribution in [0.2, 0.25) is 0 Å². The van der Waals surface area contributed by atoms with E-state index >= 15 is 0 Å². The van der Waals surface area contributed by atoms with Gasteiger partial charge in [0, 0.05) is 0 Å². The number of hydrogen-bond acceptors (Lipinski definition) is 1. The summed E-state index contributed by atoms with van der Waals surface area (Å²) in [6.45, 7) is 12.5. The highest BCUT2D eigenvalue weighted by Crippen LogP contribution is 2.19. The van der Waals surface area contributed by atoms with E-state index in [1.807, 2.05) is 13.0 Å². The van der Waals surface area contributed by atoms with Gasteiger partial charge in [0.1, 0.15) is 0 Å². The van der Waals surface area contributed by atoms with E-state index in [0.717, 1.165) is 24.7 Å². The van der Waals surface area contributed by atoms with Crippen molar-refractivity contribution in [1.29, 1.82) is 0 Å². The van der Waals surface area contributed by atoms with Crippen molar-refractivity contribution >= 4 is 0 Å². The number of aliphatic hydroxyl groups is 1. The third-order valence-corrected chi connectivity index (χ3v) is 2.81. The molecule has 84 valence electrons.